The molecule has 0 aliphatic carbocycles. The Kier molecular flexibility index (Phi) is 8.86. The zero-order valence-electron chi connectivity index (χ0n) is 19.3. The number of halogens is 1. The third kappa shape index (κ3) is 7.29. The number of carbonyl (C=O) groups excluding carboxylic acids is 2. The van der Waals surface area contributed by atoms with Crippen molar-refractivity contribution in [1.29, 1.82) is 0 Å². The van der Waals surface area contributed by atoms with Gasteiger partial charge in [0, 0.05) is 24.2 Å². The normalized spacial score (nSPS) is 11.1. The molecule has 0 heterocycles. The lowest BCUT2D eigenvalue weighted by Crippen LogP contribution is -2.29. The number of hydrogen-bond donors (Lipinski definition) is 2. The topological polar surface area (TPSA) is 105 Å². The second-order valence-corrected chi connectivity index (χ2v) is 10.0. The highest BCUT2D eigenvalue weighted by atomic mass is 35.5. The summed E-state index contributed by atoms with van der Waals surface area (Å²) >= 11 is 6.03. The van der Waals surface area contributed by atoms with Crippen molar-refractivity contribution in [2.24, 2.45) is 0 Å². The van der Waals surface area contributed by atoms with Crippen LogP contribution in [-0.4, -0.2) is 46.7 Å². The number of nitrogens with one attached hydrogen (secondary N) is 2. The molecule has 3 rings (SSSR count). The highest BCUT2D eigenvalue weighted by Gasteiger charge is 2.19. The molecular formula is C25H26ClN3O5S. The van der Waals surface area contributed by atoms with Gasteiger partial charge in [-0.2, -0.15) is 0 Å². The van der Waals surface area contributed by atoms with Crippen LogP contribution < -0.4 is 14.9 Å². The van der Waals surface area contributed by atoms with E-state index in [1.54, 1.807) is 79.9 Å². The predicted molar refractivity (Wildman–Crippen MR) is 138 cm³/mol. The largest absolute Gasteiger partial charge is 0.383 e. The SMILES string of the molecule is COCCNC(=O)c1ccccc1NC(=O)c1ccc(CN(c2cccc(Cl)c2)S(C)(=O)=O)cc1. The molecule has 0 saturated heterocycles. The minimum Gasteiger partial charge on any atom is -0.383 e. The van der Waals surface area contributed by atoms with Crippen molar-refractivity contribution in [2.75, 3.05) is 36.1 Å². The number of nitrogens with zero attached hydrogens (tertiary/aromatic N) is 1. The van der Waals surface area contributed by atoms with Gasteiger partial charge in [-0.1, -0.05) is 41.9 Å². The lowest BCUT2D eigenvalue weighted by Gasteiger charge is -2.22. The summed E-state index contributed by atoms with van der Waals surface area (Å²) in [6.45, 7) is 0.797. The number of rotatable bonds is 10. The third-order valence-electron chi connectivity index (χ3n) is 5.05. The molecule has 0 atom stereocenters. The summed E-state index contributed by atoms with van der Waals surface area (Å²) in [5.41, 5.74) is 2.20. The van der Waals surface area contributed by atoms with Crippen LogP contribution in [-0.2, 0) is 21.3 Å². The maximum atomic E-state index is 12.8. The van der Waals surface area contributed by atoms with Crippen LogP contribution in [0.5, 0.6) is 0 Å². The van der Waals surface area contributed by atoms with Gasteiger partial charge >= 0.3 is 0 Å². The number of hydrogen-bond acceptors (Lipinski definition) is 5. The summed E-state index contributed by atoms with van der Waals surface area (Å²) in [6.07, 6.45) is 1.12. The smallest absolute Gasteiger partial charge is 0.255 e. The van der Waals surface area contributed by atoms with Gasteiger partial charge in [0.05, 0.1) is 36.3 Å². The summed E-state index contributed by atoms with van der Waals surface area (Å²) in [4.78, 5) is 25.3. The molecule has 2 amide bonds. The molecule has 0 unspecified atom stereocenters. The fourth-order valence-corrected chi connectivity index (χ4v) is 4.37. The molecule has 0 aromatic heterocycles. The van der Waals surface area contributed by atoms with Crippen molar-refractivity contribution in [3.05, 3.63) is 94.5 Å². The molecule has 0 aliphatic heterocycles. The van der Waals surface area contributed by atoms with E-state index in [2.05, 4.69) is 10.6 Å². The van der Waals surface area contributed by atoms with Crippen molar-refractivity contribution in [2.45, 2.75) is 6.54 Å². The molecule has 184 valence electrons. The molecule has 0 bridgehead atoms. The highest BCUT2D eigenvalue weighted by molar-refractivity contribution is 7.92. The molecule has 10 heteroatoms. The van der Waals surface area contributed by atoms with Gasteiger partial charge in [-0.05, 0) is 48.0 Å². The van der Waals surface area contributed by atoms with Gasteiger partial charge in [-0.15, -0.1) is 0 Å². The van der Waals surface area contributed by atoms with Gasteiger partial charge in [-0.3, -0.25) is 13.9 Å². The van der Waals surface area contributed by atoms with E-state index >= 15 is 0 Å². The highest BCUT2D eigenvalue weighted by Crippen LogP contribution is 2.24. The predicted octanol–water partition coefficient (Wildman–Crippen LogP) is 3.93. The van der Waals surface area contributed by atoms with Crippen LogP contribution in [0, 0.1) is 0 Å². The number of methoxy groups -OCH3 is 1. The van der Waals surface area contributed by atoms with E-state index in [0.29, 0.717) is 46.2 Å². The van der Waals surface area contributed by atoms with Crippen molar-refractivity contribution in [3.63, 3.8) is 0 Å². The molecule has 35 heavy (non-hydrogen) atoms. The summed E-state index contributed by atoms with van der Waals surface area (Å²) in [7, 11) is -2.03. The first-order chi connectivity index (χ1) is 16.7. The van der Waals surface area contributed by atoms with Crippen LogP contribution >= 0.6 is 11.6 Å². The molecule has 0 fully saturated rings. The average molecular weight is 516 g/mol. The zero-order valence-corrected chi connectivity index (χ0v) is 20.9. The summed E-state index contributed by atoms with van der Waals surface area (Å²) in [5, 5.41) is 5.92. The van der Waals surface area contributed by atoms with E-state index in [-0.39, 0.29) is 12.5 Å². The van der Waals surface area contributed by atoms with E-state index in [9.17, 15) is 18.0 Å². The lowest BCUT2D eigenvalue weighted by molar-refractivity contribution is 0.0938. The lowest BCUT2D eigenvalue weighted by atomic mass is 10.1. The molecule has 2 N–H and O–H groups in total. The summed E-state index contributed by atoms with van der Waals surface area (Å²) in [5.74, 6) is -0.723. The molecule has 0 radical (unpaired) electrons. The Morgan fingerprint density at radius 1 is 0.971 bits per heavy atom. The average Bonchev–Trinajstić information content (AvgIpc) is 2.82. The van der Waals surface area contributed by atoms with Crippen LogP contribution in [0.25, 0.3) is 0 Å². The molecular weight excluding hydrogens is 490 g/mol. The van der Waals surface area contributed by atoms with E-state index < -0.39 is 15.9 Å². The third-order valence-corrected chi connectivity index (χ3v) is 6.43. The molecule has 3 aromatic carbocycles. The van der Waals surface area contributed by atoms with E-state index in [1.165, 1.54) is 4.31 Å². The first-order valence-corrected chi connectivity index (χ1v) is 12.9. The van der Waals surface area contributed by atoms with Crippen molar-refractivity contribution < 1.29 is 22.7 Å². The zero-order chi connectivity index (χ0) is 25.4. The van der Waals surface area contributed by atoms with Gasteiger partial charge < -0.3 is 15.4 Å². The quantitative estimate of drug-likeness (QED) is 0.398. The minimum atomic E-state index is -3.57. The molecule has 8 nitrogen and oxygen atoms in total. The number of para-hydroxylation sites is 1. The summed E-state index contributed by atoms with van der Waals surface area (Å²) < 4.78 is 30.9. The van der Waals surface area contributed by atoms with Crippen LogP contribution in [0.4, 0.5) is 11.4 Å². The van der Waals surface area contributed by atoms with E-state index in [1.807, 2.05) is 0 Å². The van der Waals surface area contributed by atoms with E-state index in [4.69, 9.17) is 16.3 Å². The van der Waals surface area contributed by atoms with E-state index in [0.717, 1.165) is 6.26 Å². The van der Waals surface area contributed by atoms with Crippen molar-refractivity contribution >= 4 is 44.8 Å². The van der Waals surface area contributed by atoms with Crippen LogP contribution in [0.15, 0.2) is 72.8 Å². The molecule has 0 spiro atoms. The fourth-order valence-electron chi connectivity index (χ4n) is 3.31. The number of sulfonamides is 1. The van der Waals surface area contributed by atoms with Crippen LogP contribution in [0.2, 0.25) is 5.02 Å². The van der Waals surface area contributed by atoms with Gasteiger partial charge in [-0.25, -0.2) is 8.42 Å². The Morgan fingerprint density at radius 3 is 2.34 bits per heavy atom. The number of ether oxygens (including phenoxy) is 1. The standard InChI is InChI=1S/C25H26ClN3O5S/c1-34-15-14-27-25(31)22-8-3-4-9-23(22)28-24(30)19-12-10-18(11-13-19)17-29(35(2,32)33)21-7-5-6-20(26)16-21/h3-13,16H,14-15,17H2,1-2H3,(H,27,31)(H,28,30). The van der Waals surface area contributed by atoms with Crippen molar-refractivity contribution in [3.8, 4) is 0 Å². The Balaban J connectivity index is 1.73. The molecule has 3 aromatic rings. The van der Waals surface area contributed by atoms with Gasteiger partial charge in [0.15, 0.2) is 0 Å². The van der Waals surface area contributed by atoms with Gasteiger partial charge in [0.25, 0.3) is 11.8 Å². The second kappa shape index (κ2) is 11.8. The Labute approximate surface area is 209 Å². The molecule has 0 aliphatic rings. The molecule has 0 saturated carbocycles. The Hall–Kier alpha value is -3.40. The Morgan fingerprint density at radius 2 is 1.69 bits per heavy atom. The minimum absolute atomic E-state index is 0.0750. The number of benzene rings is 3. The monoisotopic (exact) mass is 515 g/mol. The van der Waals surface area contributed by atoms with Crippen molar-refractivity contribution in [1.82, 2.24) is 5.32 Å². The first-order valence-electron chi connectivity index (χ1n) is 10.7. The van der Waals surface area contributed by atoms with Crippen LogP contribution in [0.3, 0.4) is 0 Å². The first kappa shape index (κ1) is 26.2. The number of anilines is 2. The fraction of sp³-hybridized carbons (Fsp3) is 0.200. The van der Waals surface area contributed by atoms with Crippen LogP contribution in [0.1, 0.15) is 26.3 Å². The summed E-state index contributed by atoms with van der Waals surface area (Å²) in [6, 6.07) is 19.9. The second-order valence-electron chi connectivity index (χ2n) is 7.69. The maximum Gasteiger partial charge on any atom is 0.255 e. The maximum absolute atomic E-state index is 12.8. The number of amides is 2. The Bertz CT molecular complexity index is 1300. The number of carbonyl (C=O) groups is 2. The van der Waals surface area contributed by atoms with Gasteiger partial charge in [0.2, 0.25) is 10.0 Å². The van der Waals surface area contributed by atoms with Gasteiger partial charge in [0.1, 0.15) is 0 Å².